The minimum Gasteiger partial charge on any atom is -0.207 e. The summed E-state index contributed by atoms with van der Waals surface area (Å²) in [6.07, 6.45) is 2.81. The molecule has 0 aromatic heterocycles. The third-order valence-electron chi connectivity index (χ3n) is 3.66. The van der Waals surface area contributed by atoms with Crippen LogP contribution in [0.4, 0.5) is 0 Å². The zero-order valence-corrected chi connectivity index (χ0v) is 15.5. The van der Waals surface area contributed by atoms with Crippen LogP contribution in [0.15, 0.2) is 39.2 Å². The third-order valence-corrected chi connectivity index (χ3v) is 6.74. The van der Waals surface area contributed by atoms with Crippen LogP contribution in [0.1, 0.15) is 27.2 Å². The lowest BCUT2D eigenvalue weighted by Crippen LogP contribution is -2.36. The number of rotatable bonds is 2. The fraction of sp³-hybridized carbons (Fsp3) is 0.467. The standard InChI is InChI=1S/C15H19BrClNO2S/c1-15(2,3)11-6-8-18(9-7-11)21(19,20)12-4-5-14(17)13(16)10-12/h4-6,10H,7-9H2,1-3H3. The molecule has 0 fully saturated rings. The molecule has 1 aromatic rings. The molecular formula is C15H19BrClNO2S. The summed E-state index contributed by atoms with van der Waals surface area (Å²) in [5.41, 5.74) is 1.41. The summed E-state index contributed by atoms with van der Waals surface area (Å²) in [4.78, 5) is 0.270. The number of benzene rings is 1. The maximum Gasteiger partial charge on any atom is 0.243 e. The molecule has 0 aliphatic carbocycles. The van der Waals surface area contributed by atoms with Crippen LogP contribution in [-0.4, -0.2) is 25.8 Å². The summed E-state index contributed by atoms with van der Waals surface area (Å²) in [6.45, 7) is 7.40. The quantitative estimate of drug-likeness (QED) is 0.696. The van der Waals surface area contributed by atoms with Crippen molar-refractivity contribution in [3.05, 3.63) is 39.3 Å². The van der Waals surface area contributed by atoms with Crippen LogP contribution >= 0.6 is 27.5 Å². The summed E-state index contributed by atoms with van der Waals surface area (Å²) >= 11 is 9.19. The lowest BCUT2D eigenvalue weighted by molar-refractivity contribution is 0.389. The maximum absolute atomic E-state index is 12.6. The van der Waals surface area contributed by atoms with E-state index in [9.17, 15) is 8.42 Å². The average molecular weight is 393 g/mol. The molecule has 0 atom stereocenters. The Bertz CT molecular complexity index is 677. The Hall–Kier alpha value is -0.360. The Labute approximate surface area is 140 Å². The minimum atomic E-state index is -3.47. The van der Waals surface area contributed by atoms with Gasteiger partial charge in [0, 0.05) is 17.6 Å². The van der Waals surface area contributed by atoms with Crippen molar-refractivity contribution in [2.75, 3.05) is 13.1 Å². The van der Waals surface area contributed by atoms with Crippen LogP contribution in [0, 0.1) is 5.41 Å². The molecule has 1 heterocycles. The molecule has 0 saturated carbocycles. The summed E-state index contributed by atoms with van der Waals surface area (Å²) in [5, 5.41) is 0.502. The van der Waals surface area contributed by atoms with Gasteiger partial charge in [-0.15, -0.1) is 0 Å². The van der Waals surface area contributed by atoms with Crippen molar-refractivity contribution >= 4 is 37.6 Å². The van der Waals surface area contributed by atoms with Gasteiger partial charge in [0.2, 0.25) is 10.0 Å². The molecule has 1 aliphatic rings. The van der Waals surface area contributed by atoms with E-state index in [0.29, 0.717) is 22.6 Å². The first-order valence-electron chi connectivity index (χ1n) is 6.77. The monoisotopic (exact) mass is 391 g/mol. The molecule has 0 radical (unpaired) electrons. The second kappa shape index (κ2) is 6.03. The van der Waals surface area contributed by atoms with Crippen LogP contribution in [0.2, 0.25) is 5.02 Å². The number of halogens is 2. The zero-order valence-electron chi connectivity index (χ0n) is 12.4. The number of hydrogen-bond donors (Lipinski definition) is 0. The van der Waals surface area contributed by atoms with Crippen LogP contribution in [-0.2, 0) is 10.0 Å². The number of hydrogen-bond acceptors (Lipinski definition) is 2. The molecule has 0 amide bonds. The van der Waals surface area contributed by atoms with Gasteiger partial charge in [0.05, 0.1) is 9.92 Å². The van der Waals surface area contributed by atoms with E-state index in [-0.39, 0.29) is 10.3 Å². The molecule has 0 N–H and O–H groups in total. The molecular weight excluding hydrogens is 374 g/mol. The Morgan fingerprint density at radius 1 is 1.29 bits per heavy atom. The molecule has 2 rings (SSSR count). The van der Waals surface area contributed by atoms with E-state index in [1.165, 1.54) is 9.88 Å². The summed E-state index contributed by atoms with van der Waals surface area (Å²) in [5.74, 6) is 0. The highest BCUT2D eigenvalue weighted by molar-refractivity contribution is 9.10. The van der Waals surface area contributed by atoms with E-state index >= 15 is 0 Å². The van der Waals surface area contributed by atoms with E-state index < -0.39 is 10.0 Å². The van der Waals surface area contributed by atoms with Gasteiger partial charge in [-0.2, -0.15) is 4.31 Å². The third kappa shape index (κ3) is 3.70. The topological polar surface area (TPSA) is 37.4 Å². The first-order chi connectivity index (χ1) is 9.62. The van der Waals surface area contributed by atoms with Crippen molar-refractivity contribution in [1.82, 2.24) is 4.31 Å². The smallest absolute Gasteiger partial charge is 0.207 e. The van der Waals surface area contributed by atoms with Crippen molar-refractivity contribution in [3.63, 3.8) is 0 Å². The normalized spacial score (nSPS) is 17.7. The molecule has 1 aliphatic heterocycles. The number of nitrogens with zero attached hydrogens (tertiary/aromatic N) is 1. The molecule has 6 heteroatoms. The van der Waals surface area contributed by atoms with Gasteiger partial charge in [-0.1, -0.05) is 44.0 Å². The van der Waals surface area contributed by atoms with E-state index in [1.807, 2.05) is 6.08 Å². The van der Waals surface area contributed by atoms with Gasteiger partial charge in [-0.05, 0) is 46.0 Å². The van der Waals surface area contributed by atoms with Gasteiger partial charge < -0.3 is 0 Å². The molecule has 0 spiro atoms. The van der Waals surface area contributed by atoms with Crippen LogP contribution in [0.5, 0.6) is 0 Å². The Balaban J connectivity index is 2.26. The first-order valence-corrected chi connectivity index (χ1v) is 9.38. The lowest BCUT2D eigenvalue weighted by Gasteiger charge is -2.31. The highest BCUT2D eigenvalue weighted by atomic mass is 79.9. The van der Waals surface area contributed by atoms with Gasteiger partial charge in [0.15, 0.2) is 0 Å². The van der Waals surface area contributed by atoms with Crippen LogP contribution in [0.3, 0.4) is 0 Å². The summed E-state index contributed by atoms with van der Waals surface area (Å²) < 4.78 is 27.4. The van der Waals surface area contributed by atoms with Crippen molar-refractivity contribution in [3.8, 4) is 0 Å². The van der Waals surface area contributed by atoms with E-state index in [2.05, 4.69) is 36.7 Å². The highest BCUT2D eigenvalue weighted by Gasteiger charge is 2.29. The Kier molecular flexibility index (Phi) is 4.88. The van der Waals surface area contributed by atoms with Gasteiger partial charge in [-0.25, -0.2) is 8.42 Å². The molecule has 21 heavy (non-hydrogen) atoms. The lowest BCUT2D eigenvalue weighted by atomic mass is 9.83. The fourth-order valence-corrected chi connectivity index (χ4v) is 4.39. The average Bonchev–Trinajstić information content (AvgIpc) is 2.41. The molecule has 0 saturated heterocycles. The molecule has 116 valence electrons. The zero-order chi connectivity index (χ0) is 15.8. The minimum absolute atomic E-state index is 0.0964. The number of sulfonamides is 1. The van der Waals surface area contributed by atoms with E-state index in [0.717, 1.165) is 6.42 Å². The summed E-state index contributed by atoms with van der Waals surface area (Å²) in [7, 11) is -3.47. The largest absolute Gasteiger partial charge is 0.243 e. The fourth-order valence-electron chi connectivity index (χ4n) is 2.34. The first kappa shape index (κ1) is 17.0. The SMILES string of the molecule is CC(C)(C)C1=CCN(S(=O)(=O)c2ccc(Cl)c(Br)c2)CC1. The molecule has 3 nitrogen and oxygen atoms in total. The van der Waals surface area contributed by atoms with Gasteiger partial charge in [0.1, 0.15) is 0 Å². The molecule has 0 unspecified atom stereocenters. The van der Waals surface area contributed by atoms with Crippen molar-refractivity contribution in [2.24, 2.45) is 5.41 Å². The van der Waals surface area contributed by atoms with Crippen molar-refractivity contribution in [1.29, 1.82) is 0 Å². The van der Waals surface area contributed by atoms with Crippen LogP contribution < -0.4 is 0 Å². The Morgan fingerprint density at radius 3 is 2.43 bits per heavy atom. The highest BCUT2D eigenvalue weighted by Crippen LogP contribution is 2.32. The second-order valence-corrected chi connectivity index (χ2v) is 9.37. The van der Waals surface area contributed by atoms with Crippen LogP contribution in [0.25, 0.3) is 0 Å². The van der Waals surface area contributed by atoms with Crippen molar-refractivity contribution < 1.29 is 8.42 Å². The van der Waals surface area contributed by atoms with Gasteiger partial charge in [0.25, 0.3) is 0 Å². The molecule has 1 aromatic carbocycles. The summed E-state index contributed by atoms with van der Waals surface area (Å²) in [6, 6.07) is 4.70. The Morgan fingerprint density at radius 2 is 1.95 bits per heavy atom. The van der Waals surface area contributed by atoms with E-state index in [4.69, 9.17) is 11.6 Å². The van der Waals surface area contributed by atoms with Gasteiger partial charge in [-0.3, -0.25) is 0 Å². The molecule has 0 bridgehead atoms. The maximum atomic E-state index is 12.6. The predicted molar refractivity (Wildman–Crippen MR) is 90.1 cm³/mol. The van der Waals surface area contributed by atoms with E-state index in [1.54, 1.807) is 18.2 Å². The van der Waals surface area contributed by atoms with Crippen molar-refractivity contribution in [2.45, 2.75) is 32.1 Å². The van der Waals surface area contributed by atoms with Gasteiger partial charge >= 0.3 is 0 Å². The second-order valence-electron chi connectivity index (χ2n) is 6.17. The predicted octanol–water partition coefficient (Wildman–Crippen LogP) is 4.47.